The highest BCUT2D eigenvalue weighted by atomic mass is 14.9. The van der Waals surface area contributed by atoms with Crippen molar-refractivity contribution in [2.75, 3.05) is 0 Å². The second-order valence-electron chi connectivity index (χ2n) is 6.91. The first-order chi connectivity index (χ1) is 13.5. The summed E-state index contributed by atoms with van der Waals surface area (Å²) < 4.78 is 8.34. The Labute approximate surface area is 167 Å². The molecule has 0 amide bonds. The lowest BCUT2D eigenvalue weighted by Gasteiger charge is -1.97. The van der Waals surface area contributed by atoms with E-state index in [4.69, 9.17) is 0 Å². The van der Waals surface area contributed by atoms with E-state index in [-0.39, 0.29) is 0 Å². The molecule has 4 nitrogen and oxygen atoms in total. The van der Waals surface area contributed by atoms with Gasteiger partial charge in [0.1, 0.15) is 0 Å². The van der Waals surface area contributed by atoms with E-state index in [2.05, 4.69) is 68.5 Å². The SMILES string of the molecule is Cn1ccc(/C=C\c2cccn2C)c1.Cn1cccc1/C=C/c1cccn1C. The van der Waals surface area contributed by atoms with Gasteiger partial charge in [-0.15, -0.1) is 0 Å². The third kappa shape index (κ3) is 5.07. The fourth-order valence-corrected chi connectivity index (χ4v) is 2.92. The van der Waals surface area contributed by atoms with Crippen LogP contribution in [0.3, 0.4) is 0 Å². The predicted octanol–water partition coefficient (Wildman–Crippen LogP) is 5.07. The number of nitrogens with zero attached hydrogens (tertiary/aromatic N) is 4. The first kappa shape index (κ1) is 19.4. The van der Waals surface area contributed by atoms with E-state index in [1.807, 2.05) is 75.7 Å². The van der Waals surface area contributed by atoms with Gasteiger partial charge in [0, 0.05) is 76.3 Å². The van der Waals surface area contributed by atoms with E-state index in [0.717, 1.165) is 0 Å². The molecule has 0 aliphatic carbocycles. The zero-order valence-corrected chi connectivity index (χ0v) is 17.0. The molecule has 0 radical (unpaired) electrons. The zero-order valence-electron chi connectivity index (χ0n) is 17.0. The smallest absolute Gasteiger partial charge is 0.0404 e. The molecule has 4 rings (SSSR count). The van der Waals surface area contributed by atoms with E-state index in [1.165, 1.54) is 22.6 Å². The molecular formula is C24H28N4. The molecule has 0 unspecified atom stereocenters. The van der Waals surface area contributed by atoms with Crippen molar-refractivity contribution in [2.45, 2.75) is 0 Å². The van der Waals surface area contributed by atoms with Gasteiger partial charge in [0.2, 0.25) is 0 Å². The lowest BCUT2D eigenvalue weighted by atomic mass is 10.3. The number of aromatic nitrogens is 4. The molecule has 0 atom stereocenters. The average molecular weight is 373 g/mol. The second kappa shape index (κ2) is 9.00. The summed E-state index contributed by atoms with van der Waals surface area (Å²) >= 11 is 0. The summed E-state index contributed by atoms with van der Waals surface area (Å²) in [5.41, 5.74) is 4.87. The van der Waals surface area contributed by atoms with Crippen molar-refractivity contribution < 1.29 is 0 Å². The summed E-state index contributed by atoms with van der Waals surface area (Å²) in [5.74, 6) is 0. The maximum absolute atomic E-state index is 2.12. The minimum atomic E-state index is 1.21. The van der Waals surface area contributed by atoms with E-state index in [0.29, 0.717) is 0 Å². The van der Waals surface area contributed by atoms with E-state index in [9.17, 15) is 0 Å². The summed E-state index contributed by atoms with van der Waals surface area (Å²) in [7, 11) is 8.17. The lowest BCUT2D eigenvalue weighted by Crippen LogP contribution is -1.89. The van der Waals surface area contributed by atoms with Crippen LogP contribution in [0.25, 0.3) is 24.3 Å². The molecule has 0 aromatic carbocycles. The Morgan fingerprint density at radius 2 is 0.964 bits per heavy atom. The van der Waals surface area contributed by atoms with Crippen molar-refractivity contribution in [3.63, 3.8) is 0 Å². The molecule has 4 aromatic heterocycles. The summed E-state index contributed by atoms with van der Waals surface area (Å²) in [4.78, 5) is 0. The Hall–Kier alpha value is -3.40. The Balaban J connectivity index is 0.000000161. The number of rotatable bonds is 4. The standard InChI is InChI=1S/2C12H14N2/c1-13-9-3-5-11(13)7-8-12-6-4-10-14(12)2;1-13-9-7-11(10-13)5-6-12-4-3-8-14(12)2/h2*3-10H,1-2H3/b8-7+;6-5-. The highest BCUT2D eigenvalue weighted by Gasteiger charge is 1.93. The van der Waals surface area contributed by atoms with Gasteiger partial charge in [-0.3, -0.25) is 0 Å². The molecule has 4 heterocycles. The Bertz CT molecular complexity index is 1020. The first-order valence-corrected chi connectivity index (χ1v) is 9.35. The van der Waals surface area contributed by atoms with Crippen LogP contribution in [0.4, 0.5) is 0 Å². The van der Waals surface area contributed by atoms with Crippen molar-refractivity contribution in [1.82, 2.24) is 18.3 Å². The minimum absolute atomic E-state index is 1.21. The minimum Gasteiger partial charge on any atom is -0.357 e. The summed E-state index contributed by atoms with van der Waals surface area (Å²) in [5, 5.41) is 0. The largest absolute Gasteiger partial charge is 0.357 e. The second-order valence-corrected chi connectivity index (χ2v) is 6.91. The van der Waals surface area contributed by atoms with Crippen LogP contribution in [-0.4, -0.2) is 18.3 Å². The number of hydrogen-bond donors (Lipinski definition) is 0. The Morgan fingerprint density at radius 3 is 1.29 bits per heavy atom. The van der Waals surface area contributed by atoms with Crippen molar-refractivity contribution in [2.24, 2.45) is 28.2 Å². The number of hydrogen-bond acceptors (Lipinski definition) is 0. The average Bonchev–Trinajstić information content (AvgIpc) is 3.44. The third-order valence-electron chi connectivity index (χ3n) is 4.68. The zero-order chi connectivity index (χ0) is 19.9. The van der Waals surface area contributed by atoms with Gasteiger partial charge >= 0.3 is 0 Å². The molecule has 28 heavy (non-hydrogen) atoms. The van der Waals surface area contributed by atoms with Gasteiger partial charge in [0.15, 0.2) is 0 Å². The maximum Gasteiger partial charge on any atom is 0.0404 e. The van der Waals surface area contributed by atoms with E-state index < -0.39 is 0 Å². The topological polar surface area (TPSA) is 19.7 Å². The van der Waals surface area contributed by atoms with Gasteiger partial charge in [-0.1, -0.05) is 6.08 Å². The number of aryl methyl sites for hydroxylation is 4. The van der Waals surface area contributed by atoms with E-state index in [1.54, 1.807) is 0 Å². The first-order valence-electron chi connectivity index (χ1n) is 9.35. The highest BCUT2D eigenvalue weighted by Crippen LogP contribution is 2.09. The molecule has 0 saturated heterocycles. The quantitative estimate of drug-likeness (QED) is 0.477. The molecular weight excluding hydrogens is 344 g/mol. The monoisotopic (exact) mass is 372 g/mol. The van der Waals surface area contributed by atoms with Crippen LogP contribution in [0.1, 0.15) is 22.6 Å². The Kier molecular flexibility index (Phi) is 6.22. The molecule has 144 valence electrons. The fraction of sp³-hybridized carbons (Fsp3) is 0.167. The van der Waals surface area contributed by atoms with Crippen LogP contribution in [0.15, 0.2) is 73.4 Å². The summed E-state index contributed by atoms with van der Waals surface area (Å²) in [6, 6.07) is 14.5. The summed E-state index contributed by atoms with van der Waals surface area (Å²) in [6.07, 6.45) is 18.8. The molecule has 4 heteroatoms. The predicted molar refractivity (Wildman–Crippen MR) is 120 cm³/mol. The van der Waals surface area contributed by atoms with Crippen molar-refractivity contribution >= 4 is 24.3 Å². The van der Waals surface area contributed by atoms with Crippen molar-refractivity contribution in [3.8, 4) is 0 Å². The van der Waals surface area contributed by atoms with E-state index >= 15 is 0 Å². The Morgan fingerprint density at radius 1 is 0.536 bits per heavy atom. The van der Waals surface area contributed by atoms with Crippen molar-refractivity contribution in [3.05, 3.63) is 96.1 Å². The van der Waals surface area contributed by atoms with Crippen LogP contribution >= 0.6 is 0 Å². The molecule has 0 bridgehead atoms. The van der Waals surface area contributed by atoms with Gasteiger partial charge in [-0.25, -0.2) is 0 Å². The molecule has 0 saturated carbocycles. The molecule has 0 N–H and O–H groups in total. The van der Waals surface area contributed by atoms with Gasteiger partial charge in [-0.05, 0) is 66.3 Å². The maximum atomic E-state index is 2.12. The molecule has 0 spiro atoms. The molecule has 4 aromatic rings. The lowest BCUT2D eigenvalue weighted by molar-refractivity contribution is 0.910. The third-order valence-corrected chi connectivity index (χ3v) is 4.68. The van der Waals surface area contributed by atoms with Crippen LogP contribution in [0.2, 0.25) is 0 Å². The highest BCUT2D eigenvalue weighted by molar-refractivity contribution is 5.68. The van der Waals surface area contributed by atoms with Crippen LogP contribution < -0.4 is 0 Å². The van der Waals surface area contributed by atoms with Crippen LogP contribution in [0, 0.1) is 0 Å². The van der Waals surface area contributed by atoms with Gasteiger partial charge < -0.3 is 18.3 Å². The van der Waals surface area contributed by atoms with Crippen LogP contribution in [0.5, 0.6) is 0 Å². The van der Waals surface area contributed by atoms with Gasteiger partial charge in [0.05, 0.1) is 0 Å². The normalized spacial score (nSPS) is 11.3. The molecule has 0 aliphatic rings. The fourth-order valence-electron chi connectivity index (χ4n) is 2.92. The van der Waals surface area contributed by atoms with Gasteiger partial charge in [-0.2, -0.15) is 0 Å². The van der Waals surface area contributed by atoms with Crippen LogP contribution in [-0.2, 0) is 28.2 Å². The molecule has 0 aliphatic heterocycles. The molecule has 0 fully saturated rings. The van der Waals surface area contributed by atoms with Crippen molar-refractivity contribution in [1.29, 1.82) is 0 Å². The van der Waals surface area contributed by atoms with Gasteiger partial charge in [0.25, 0.3) is 0 Å². The summed E-state index contributed by atoms with van der Waals surface area (Å²) in [6.45, 7) is 0.